The van der Waals surface area contributed by atoms with E-state index in [9.17, 15) is 31.1 Å². The molecule has 0 amide bonds. The fraction of sp³-hybridized carbons (Fsp3) is 0.269. The van der Waals surface area contributed by atoms with Crippen LogP contribution in [0.4, 0.5) is 37.7 Å². The minimum Gasteiger partial charge on any atom is -0.462 e. The second-order valence-electron chi connectivity index (χ2n) is 7.66. The van der Waals surface area contributed by atoms with E-state index in [1.165, 1.54) is 36.1 Å². The second-order valence-corrected chi connectivity index (χ2v) is 7.66. The van der Waals surface area contributed by atoms with Gasteiger partial charge in [-0.1, -0.05) is 36.9 Å². The highest BCUT2D eigenvalue weighted by atomic mass is 19.4. The van der Waals surface area contributed by atoms with Crippen molar-refractivity contribution in [3.8, 4) is 0 Å². The Bertz CT molecular complexity index is 1080. The molecule has 0 aliphatic rings. The van der Waals surface area contributed by atoms with Gasteiger partial charge in [0.2, 0.25) is 0 Å². The molecule has 0 saturated carbocycles. The Balaban J connectivity index is 2.46. The number of esters is 1. The van der Waals surface area contributed by atoms with Gasteiger partial charge in [0.15, 0.2) is 0 Å². The van der Waals surface area contributed by atoms with Crippen LogP contribution in [-0.2, 0) is 22.1 Å². The number of hydrogen-bond donors (Lipinski definition) is 0. The molecule has 0 spiro atoms. The Morgan fingerprint density at radius 1 is 1.03 bits per heavy atom. The lowest BCUT2D eigenvalue weighted by Crippen LogP contribution is -2.18. The predicted molar refractivity (Wildman–Crippen MR) is 123 cm³/mol. The number of halogens is 6. The first-order valence-corrected chi connectivity index (χ1v) is 10.6. The fourth-order valence-corrected chi connectivity index (χ4v) is 3.09. The third-order valence-corrected chi connectivity index (χ3v) is 4.74. The van der Waals surface area contributed by atoms with E-state index in [-0.39, 0.29) is 23.6 Å². The van der Waals surface area contributed by atoms with Crippen LogP contribution in [0.25, 0.3) is 0 Å². The van der Waals surface area contributed by atoms with Crippen LogP contribution in [0, 0.1) is 0 Å². The van der Waals surface area contributed by atoms with E-state index in [1.54, 1.807) is 31.2 Å². The van der Waals surface area contributed by atoms with Crippen LogP contribution in [0.2, 0.25) is 0 Å². The molecule has 0 N–H and O–H groups in total. The normalized spacial score (nSPS) is 12.6. The highest BCUT2D eigenvalue weighted by Gasteiger charge is 2.31. The second kappa shape index (κ2) is 11.8. The van der Waals surface area contributed by atoms with Crippen LogP contribution < -0.4 is 4.90 Å². The van der Waals surface area contributed by atoms with Gasteiger partial charge in [0, 0.05) is 29.1 Å². The summed E-state index contributed by atoms with van der Waals surface area (Å²) in [6, 6.07) is 10.9. The maximum absolute atomic E-state index is 13.3. The van der Waals surface area contributed by atoms with Gasteiger partial charge in [-0.2, -0.15) is 26.3 Å². The van der Waals surface area contributed by atoms with Gasteiger partial charge in [-0.25, -0.2) is 4.79 Å². The Hall–Kier alpha value is -3.49. The van der Waals surface area contributed by atoms with Crippen molar-refractivity contribution in [3.05, 3.63) is 95.7 Å². The third kappa shape index (κ3) is 8.66. The lowest BCUT2D eigenvalue weighted by Gasteiger charge is -2.27. The maximum atomic E-state index is 13.3. The fourth-order valence-electron chi connectivity index (χ4n) is 3.09. The molecule has 35 heavy (non-hydrogen) atoms. The van der Waals surface area contributed by atoms with Gasteiger partial charge in [-0.3, -0.25) is 0 Å². The summed E-state index contributed by atoms with van der Waals surface area (Å²) in [4.78, 5) is 12.8. The first kappa shape index (κ1) is 27.8. The summed E-state index contributed by atoms with van der Waals surface area (Å²) < 4.78 is 83.9. The average molecular weight is 497 g/mol. The van der Waals surface area contributed by atoms with Gasteiger partial charge in [0.05, 0.1) is 18.6 Å². The van der Waals surface area contributed by atoms with Crippen LogP contribution in [0.1, 0.15) is 31.4 Å². The summed E-state index contributed by atoms with van der Waals surface area (Å²) in [6.45, 7) is 6.71. The van der Waals surface area contributed by atoms with E-state index in [0.717, 1.165) is 23.8 Å². The van der Waals surface area contributed by atoms with E-state index in [1.807, 2.05) is 0 Å². The third-order valence-electron chi connectivity index (χ3n) is 4.74. The number of carbonyl (C=O) groups excluding carboxylic acids is 1. The van der Waals surface area contributed by atoms with E-state index in [4.69, 9.17) is 4.74 Å². The lowest BCUT2D eigenvalue weighted by atomic mass is 10.1. The predicted octanol–water partition coefficient (Wildman–Crippen LogP) is 7.92. The molecule has 0 heterocycles. The zero-order valence-electron chi connectivity index (χ0n) is 19.2. The molecule has 0 fully saturated rings. The van der Waals surface area contributed by atoms with Gasteiger partial charge in [0.1, 0.15) is 0 Å². The van der Waals surface area contributed by atoms with Crippen LogP contribution >= 0.6 is 0 Å². The molecule has 0 unspecified atom stereocenters. The number of hydrogen-bond acceptors (Lipinski definition) is 3. The molecule has 2 aromatic rings. The Morgan fingerprint density at radius 2 is 1.69 bits per heavy atom. The highest BCUT2D eigenvalue weighted by molar-refractivity contribution is 5.86. The number of allylic oxidation sites excluding steroid dienone is 3. The molecule has 2 aromatic carbocycles. The highest BCUT2D eigenvalue weighted by Crippen LogP contribution is 2.36. The maximum Gasteiger partial charge on any atom is 0.416 e. The topological polar surface area (TPSA) is 29.5 Å². The van der Waals surface area contributed by atoms with Crippen LogP contribution in [-0.4, -0.2) is 18.8 Å². The number of benzene rings is 2. The van der Waals surface area contributed by atoms with Crippen molar-refractivity contribution < 1.29 is 35.9 Å². The van der Waals surface area contributed by atoms with Crippen molar-refractivity contribution >= 4 is 17.3 Å². The van der Waals surface area contributed by atoms with Crippen molar-refractivity contribution in [2.45, 2.75) is 39.0 Å². The van der Waals surface area contributed by atoms with Crippen LogP contribution in [0.3, 0.4) is 0 Å². The van der Waals surface area contributed by atoms with E-state index >= 15 is 0 Å². The molecule has 0 aliphatic heterocycles. The number of carbonyl (C=O) groups is 1. The standard InChI is InChI=1S/C26H25F6NO2/c1-4-6-21(13-15-25(27,28)29)33(23-8-5-7-20(17-23)26(30,31)32)22-11-9-19(10-12-22)14-16-35-24(34)18(2)3/h4-13,17H,2,14-16H2,1,3H3/b6-4-,21-13+. The van der Waals surface area contributed by atoms with Gasteiger partial charge < -0.3 is 9.64 Å². The van der Waals surface area contributed by atoms with E-state index in [2.05, 4.69) is 6.58 Å². The largest absolute Gasteiger partial charge is 0.462 e. The summed E-state index contributed by atoms with van der Waals surface area (Å²) in [6.07, 6.45) is -6.17. The minimum absolute atomic E-state index is 0.0505. The summed E-state index contributed by atoms with van der Waals surface area (Å²) in [5.74, 6) is -0.525. The molecule has 0 saturated heterocycles. The zero-order valence-corrected chi connectivity index (χ0v) is 19.2. The minimum atomic E-state index is -4.62. The van der Waals surface area contributed by atoms with Crippen molar-refractivity contribution in [2.75, 3.05) is 11.5 Å². The Labute approximate surface area is 200 Å². The quantitative estimate of drug-likeness (QED) is 0.153. The van der Waals surface area contributed by atoms with Crippen molar-refractivity contribution in [2.24, 2.45) is 0 Å². The molecule has 0 aliphatic carbocycles. The van der Waals surface area contributed by atoms with Crippen molar-refractivity contribution in [3.63, 3.8) is 0 Å². The summed E-state index contributed by atoms with van der Waals surface area (Å²) in [7, 11) is 0. The van der Waals surface area contributed by atoms with Gasteiger partial charge in [-0.15, -0.1) is 0 Å². The average Bonchev–Trinajstić information content (AvgIpc) is 2.77. The van der Waals surface area contributed by atoms with Crippen LogP contribution in [0.15, 0.2) is 84.6 Å². The SMILES string of the molecule is C=C(C)C(=O)OCCc1ccc(N(C(/C=C\C)=C/CC(F)(F)F)c2cccc(C(F)(F)F)c2)cc1. The molecule has 0 aromatic heterocycles. The summed E-state index contributed by atoms with van der Waals surface area (Å²) >= 11 is 0. The van der Waals surface area contributed by atoms with Gasteiger partial charge in [0.25, 0.3) is 0 Å². The molecular formula is C26H25F6NO2. The molecule has 9 heteroatoms. The van der Waals surface area contributed by atoms with E-state index < -0.39 is 30.3 Å². The first-order chi connectivity index (χ1) is 16.3. The smallest absolute Gasteiger partial charge is 0.416 e. The number of rotatable bonds is 9. The number of anilines is 2. The Morgan fingerprint density at radius 3 is 2.23 bits per heavy atom. The van der Waals surface area contributed by atoms with Gasteiger partial charge >= 0.3 is 18.3 Å². The summed E-state index contributed by atoms with van der Waals surface area (Å²) in [5, 5.41) is 0. The number of alkyl halides is 6. The molecule has 188 valence electrons. The van der Waals surface area contributed by atoms with Crippen LogP contribution in [0.5, 0.6) is 0 Å². The molecule has 3 nitrogen and oxygen atoms in total. The molecule has 2 rings (SSSR count). The van der Waals surface area contributed by atoms with E-state index in [0.29, 0.717) is 12.1 Å². The number of ether oxygens (including phenoxy) is 1. The monoisotopic (exact) mass is 497 g/mol. The molecule has 0 radical (unpaired) electrons. The van der Waals surface area contributed by atoms with Gasteiger partial charge in [-0.05, 0) is 55.8 Å². The number of nitrogens with zero attached hydrogens (tertiary/aromatic N) is 1. The van der Waals surface area contributed by atoms with Crippen molar-refractivity contribution in [1.29, 1.82) is 0 Å². The Kier molecular flexibility index (Phi) is 9.33. The first-order valence-electron chi connectivity index (χ1n) is 10.6. The van der Waals surface area contributed by atoms with Crippen molar-refractivity contribution in [1.82, 2.24) is 0 Å². The zero-order chi connectivity index (χ0) is 26.2. The molecular weight excluding hydrogens is 472 g/mol. The lowest BCUT2D eigenvalue weighted by molar-refractivity contribution is -0.139. The molecule has 0 bridgehead atoms. The summed E-state index contributed by atoms with van der Waals surface area (Å²) in [5.41, 5.74) is 0.574. The molecule has 0 atom stereocenters.